The molecule has 2 heterocycles. The zero-order valence-corrected chi connectivity index (χ0v) is 21.0. The fourth-order valence-electron chi connectivity index (χ4n) is 4.88. The Morgan fingerprint density at radius 2 is 1.84 bits per heavy atom. The molecule has 1 fully saturated rings. The number of carbonyl (C=O) groups is 2. The number of piperidine rings is 1. The minimum atomic E-state index is -1.09. The number of urea groups is 1. The minimum absolute atomic E-state index is 0.0545. The van der Waals surface area contributed by atoms with Crippen molar-refractivity contribution >= 4 is 11.9 Å². The van der Waals surface area contributed by atoms with E-state index in [0.29, 0.717) is 51.0 Å². The smallest absolute Gasteiger partial charge is 0.319 e. The SMILES string of the molecule is COCC1=C(C(=O)NCCCN2CCC(O)(c3ccc(F)cc3)CC2)[C@@H](c2ccc(F)c(F)c2)NC(=O)N1. The number of likely N-dealkylation sites (tertiary alicyclic amines) is 1. The number of nitrogens with zero attached hydrogens (tertiary/aromatic N) is 1. The first-order valence-corrected chi connectivity index (χ1v) is 12.4. The van der Waals surface area contributed by atoms with Crippen molar-refractivity contribution in [1.82, 2.24) is 20.9 Å². The van der Waals surface area contributed by atoms with Gasteiger partial charge in [-0.1, -0.05) is 18.2 Å². The van der Waals surface area contributed by atoms with E-state index in [2.05, 4.69) is 20.9 Å². The molecule has 0 saturated carbocycles. The van der Waals surface area contributed by atoms with E-state index in [9.17, 15) is 27.9 Å². The summed E-state index contributed by atoms with van der Waals surface area (Å²) < 4.78 is 45.8. The summed E-state index contributed by atoms with van der Waals surface area (Å²) in [5.74, 6) is -2.93. The molecule has 0 aromatic heterocycles. The molecule has 0 bridgehead atoms. The van der Waals surface area contributed by atoms with E-state index in [-0.39, 0.29) is 29.3 Å². The van der Waals surface area contributed by atoms with Crippen LogP contribution in [-0.4, -0.2) is 61.8 Å². The van der Waals surface area contributed by atoms with Crippen molar-refractivity contribution in [1.29, 1.82) is 0 Å². The number of benzene rings is 2. The first-order chi connectivity index (χ1) is 18.2. The van der Waals surface area contributed by atoms with Crippen molar-refractivity contribution in [3.63, 3.8) is 0 Å². The molecule has 1 atom stereocenters. The first-order valence-electron chi connectivity index (χ1n) is 12.4. The van der Waals surface area contributed by atoms with Gasteiger partial charge in [0.05, 0.1) is 29.5 Å². The Labute approximate surface area is 218 Å². The zero-order chi connectivity index (χ0) is 27.3. The Morgan fingerprint density at radius 3 is 2.50 bits per heavy atom. The van der Waals surface area contributed by atoms with Crippen LogP contribution in [0.2, 0.25) is 0 Å². The van der Waals surface area contributed by atoms with Crippen molar-refractivity contribution in [3.8, 4) is 0 Å². The molecular formula is C27H31F3N4O4. The lowest BCUT2D eigenvalue weighted by molar-refractivity contribution is -0.118. The van der Waals surface area contributed by atoms with Crippen LogP contribution in [0.3, 0.4) is 0 Å². The van der Waals surface area contributed by atoms with Crippen LogP contribution in [0.25, 0.3) is 0 Å². The van der Waals surface area contributed by atoms with Crippen LogP contribution in [0.5, 0.6) is 0 Å². The summed E-state index contributed by atoms with van der Waals surface area (Å²) in [5, 5.41) is 19.0. The van der Waals surface area contributed by atoms with Gasteiger partial charge in [-0.25, -0.2) is 18.0 Å². The van der Waals surface area contributed by atoms with E-state index < -0.39 is 35.2 Å². The van der Waals surface area contributed by atoms with Crippen LogP contribution in [0.1, 0.15) is 36.4 Å². The number of carbonyl (C=O) groups excluding carboxylic acids is 2. The first kappa shape index (κ1) is 27.6. The molecule has 2 aliphatic rings. The molecule has 0 unspecified atom stereocenters. The summed E-state index contributed by atoms with van der Waals surface area (Å²) in [7, 11) is 1.42. The average molecular weight is 533 g/mol. The van der Waals surface area contributed by atoms with Gasteiger partial charge in [0.2, 0.25) is 0 Å². The van der Waals surface area contributed by atoms with Gasteiger partial charge in [-0.2, -0.15) is 0 Å². The number of aliphatic hydroxyl groups is 1. The Kier molecular flexibility index (Phi) is 8.70. The van der Waals surface area contributed by atoms with Gasteiger partial charge in [-0.15, -0.1) is 0 Å². The van der Waals surface area contributed by atoms with Gasteiger partial charge in [0.15, 0.2) is 11.6 Å². The van der Waals surface area contributed by atoms with Gasteiger partial charge >= 0.3 is 6.03 Å². The summed E-state index contributed by atoms with van der Waals surface area (Å²) in [5.41, 5.74) is 0.323. The van der Waals surface area contributed by atoms with E-state index in [1.54, 1.807) is 12.1 Å². The van der Waals surface area contributed by atoms with Gasteiger partial charge in [0.1, 0.15) is 5.82 Å². The average Bonchev–Trinajstić information content (AvgIpc) is 2.89. The number of hydrogen-bond donors (Lipinski definition) is 4. The van der Waals surface area contributed by atoms with Crippen LogP contribution in [-0.2, 0) is 15.1 Å². The summed E-state index contributed by atoms with van der Waals surface area (Å²) in [6.07, 6.45) is 1.66. The largest absolute Gasteiger partial charge is 0.385 e. The maximum Gasteiger partial charge on any atom is 0.319 e. The number of ether oxygens (including phenoxy) is 1. The van der Waals surface area contributed by atoms with Gasteiger partial charge in [-0.3, -0.25) is 4.79 Å². The van der Waals surface area contributed by atoms with Gasteiger partial charge in [0.25, 0.3) is 5.91 Å². The van der Waals surface area contributed by atoms with E-state index in [1.165, 1.54) is 25.3 Å². The second-order valence-electron chi connectivity index (χ2n) is 9.52. The number of methoxy groups -OCH3 is 1. The third kappa shape index (κ3) is 6.35. The topological polar surface area (TPSA) is 103 Å². The predicted molar refractivity (Wildman–Crippen MR) is 133 cm³/mol. The third-order valence-corrected chi connectivity index (χ3v) is 6.97. The maximum absolute atomic E-state index is 13.9. The second kappa shape index (κ2) is 12.0. The van der Waals surface area contributed by atoms with E-state index in [1.807, 2.05) is 0 Å². The van der Waals surface area contributed by atoms with E-state index >= 15 is 0 Å². The lowest BCUT2D eigenvalue weighted by Gasteiger charge is -2.38. The highest BCUT2D eigenvalue weighted by atomic mass is 19.2. The molecule has 2 aliphatic heterocycles. The molecule has 2 aromatic carbocycles. The summed E-state index contributed by atoms with van der Waals surface area (Å²) >= 11 is 0. The predicted octanol–water partition coefficient (Wildman–Crippen LogP) is 2.85. The molecule has 1 saturated heterocycles. The van der Waals surface area contributed by atoms with Crippen molar-refractivity contribution in [2.24, 2.45) is 0 Å². The van der Waals surface area contributed by atoms with Gasteiger partial charge < -0.3 is 30.7 Å². The number of nitrogens with one attached hydrogen (secondary N) is 3. The number of hydrogen-bond acceptors (Lipinski definition) is 5. The quantitative estimate of drug-likeness (QED) is 0.372. The molecule has 38 heavy (non-hydrogen) atoms. The van der Waals surface area contributed by atoms with Crippen LogP contribution in [0.15, 0.2) is 53.7 Å². The maximum atomic E-state index is 13.9. The Balaban J connectivity index is 1.34. The molecule has 2 aromatic rings. The van der Waals surface area contributed by atoms with Crippen LogP contribution in [0, 0.1) is 17.5 Å². The molecule has 3 amide bonds. The minimum Gasteiger partial charge on any atom is -0.385 e. The molecule has 204 valence electrons. The van der Waals surface area contributed by atoms with E-state index in [0.717, 1.165) is 12.1 Å². The number of rotatable bonds is 9. The summed E-state index contributed by atoms with van der Waals surface area (Å²) in [6, 6.07) is 7.56. The number of halogens is 3. The fraction of sp³-hybridized carbons (Fsp3) is 0.407. The Morgan fingerprint density at radius 1 is 1.13 bits per heavy atom. The molecular weight excluding hydrogens is 501 g/mol. The number of amides is 3. The van der Waals surface area contributed by atoms with Crippen molar-refractivity contribution < 1.29 is 32.6 Å². The molecule has 0 spiro atoms. The van der Waals surface area contributed by atoms with Crippen LogP contribution >= 0.6 is 0 Å². The van der Waals surface area contributed by atoms with Gasteiger partial charge in [-0.05, 0) is 61.2 Å². The second-order valence-corrected chi connectivity index (χ2v) is 9.52. The molecule has 0 aliphatic carbocycles. The van der Waals surface area contributed by atoms with Crippen LogP contribution < -0.4 is 16.0 Å². The fourth-order valence-corrected chi connectivity index (χ4v) is 4.88. The Hall–Kier alpha value is -3.41. The third-order valence-electron chi connectivity index (χ3n) is 6.97. The van der Waals surface area contributed by atoms with Crippen molar-refractivity contribution in [2.75, 3.05) is 39.9 Å². The molecule has 4 N–H and O–H groups in total. The van der Waals surface area contributed by atoms with Gasteiger partial charge in [0, 0.05) is 26.7 Å². The molecule has 0 radical (unpaired) electrons. The summed E-state index contributed by atoms with van der Waals surface area (Å²) in [6.45, 7) is 2.27. The normalized spacial score (nSPS) is 19.6. The Bertz CT molecular complexity index is 1200. The molecule has 8 nitrogen and oxygen atoms in total. The van der Waals surface area contributed by atoms with Crippen molar-refractivity contribution in [3.05, 3.63) is 82.3 Å². The highest BCUT2D eigenvalue weighted by Gasteiger charge is 2.35. The molecule has 4 rings (SSSR count). The lowest BCUT2D eigenvalue weighted by Crippen LogP contribution is -2.48. The van der Waals surface area contributed by atoms with Crippen molar-refractivity contribution in [2.45, 2.75) is 30.9 Å². The zero-order valence-electron chi connectivity index (χ0n) is 21.0. The standard InChI is InChI=1S/C27H31F3N4O4/c1-38-16-22-23(24(33-26(36)32-22)17-3-8-20(29)21(30)15-17)25(35)31-11-2-12-34-13-9-27(37,10-14-34)18-4-6-19(28)7-5-18/h3-8,15,24,37H,2,9-14,16H2,1H3,(H,31,35)(H2,32,33,36)/t24-/m1/s1. The monoisotopic (exact) mass is 532 g/mol. The lowest BCUT2D eigenvalue weighted by atomic mass is 9.84. The highest BCUT2D eigenvalue weighted by Crippen LogP contribution is 2.33. The highest BCUT2D eigenvalue weighted by molar-refractivity contribution is 5.98. The van der Waals surface area contributed by atoms with E-state index in [4.69, 9.17) is 4.74 Å². The van der Waals surface area contributed by atoms with Crippen LogP contribution in [0.4, 0.5) is 18.0 Å². The summed E-state index contributed by atoms with van der Waals surface area (Å²) in [4.78, 5) is 27.6. The molecule has 11 heteroatoms.